The zero-order chi connectivity index (χ0) is 12.3. The molecule has 0 spiro atoms. The van der Waals surface area contributed by atoms with Gasteiger partial charge in [0.15, 0.2) is 0 Å². The van der Waals surface area contributed by atoms with Crippen molar-refractivity contribution in [2.75, 3.05) is 5.73 Å². The third kappa shape index (κ3) is 2.60. The highest BCUT2D eigenvalue weighted by Gasteiger charge is 2.08. The smallest absolute Gasteiger partial charge is 0.251 e. The maximum Gasteiger partial charge on any atom is 0.251 e. The second kappa shape index (κ2) is 4.65. The molecule has 1 heterocycles. The fourth-order valence-corrected chi connectivity index (χ4v) is 1.29. The summed E-state index contributed by atoms with van der Waals surface area (Å²) in [4.78, 5) is 11.7. The van der Waals surface area contributed by atoms with E-state index in [1.54, 1.807) is 6.07 Å². The van der Waals surface area contributed by atoms with Gasteiger partial charge in [-0.2, -0.15) is 0 Å². The first kappa shape index (κ1) is 11.1. The molecule has 88 valence electrons. The van der Waals surface area contributed by atoms with E-state index in [1.165, 1.54) is 18.4 Å². The molecule has 0 fully saturated rings. The molecule has 6 heteroatoms. The van der Waals surface area contributed by atoms with Gasteiger partial charge in [-0.3, -0.25) is 4.79 Å². The Hall–Kier alpha value is -2.37. The Morgan fingerprint density at radius 1 is 1.47 bits per heavy atom. The molecule has 5 nitrogen and oxygen atoms in total. The molecule has 3 N–H and O–H groups in total. The third-order valence-electron chi connectivity index (χ3n) is 2.18. The Morgan fingerprint density at radius 2 is 2.29 bits per heavy atom. The summed E-state index contributed by atoms with van der Waals surface area (Å²) in [7, 11) is 0. The first-order valence-corrected chi connectivity index (χ1v) is 4.89. The fourth-order valence-electron chi connectivity index (χ4n) is 1.29. The average molecular weight is 235 g/mol. The summed E-state index contributed by atoms with van der Waals surface area (Å²) in [5.74, 6) is -0.891. The highest BCUT2D eigenvalue weighted by Crippen LogP contribution is 2.12. The highest BCUT2D eigenvalue weighted by molar-refractivity contribution is 5.94. The lowest BCUT2D eigenvalue weighted by Gasteiger charge is -2.04. The van der Waals surface area contributed by atoms with E-state index < -0.39 is 5.82 Å². The van der Waals surface area contributed by atoms with Gasteiger partial charge < -0.3 is 15.6 Å². The van der Waals surface area contributed by atoms with Crippen LogP contribution in [0.2, 0.25) is 0 Å². The van der Waals surface area contributed by atoms with Gasteiger partial charge in [-0.05, 0) is 18.2 Å². The summed E-state index contributed by atoms with van der Waals surface area (Å²) < 4.78 is 17.5. The Morgan fingerprint density at radius 3 is 2.94 bits per heavy atom. The van der Waals surface area contributed by atoms with E-state index in [4.69, 9.17) is 5.73 Å². The van der Waals surface area contributed by atoms with Crippen LogP contribution in [0.4, 0.5) is 10.1 Å². The second-order valence-electron chi connectivity index (χ2n) is 3.41. The molecule has 1 aromatic carbocycles. The molecule has 0 unspecified atom stereocenters. The van der Waals surface area contributed by atoms with Crippen molar-refractivity contribution in [3.05, 3.63) is 47.6 Å². The number of carbonyl (C=O) groups excluding carboxylic acids is 1. The maximum absolute atomic E-state index is 12.9. The van der Waals surface area contributed by atoms with Crippen molar-refractivity contribution in [3.8, 4) is 0 Å². The van der Waals surface area contributed by atoms with E-state index in [9.17, 15) is 9.18 Å². The van der Waals surface area contributed by atoms with E-state index in [0.717, 1.165) is 6.07 Å². The second-order valence-corrected chi connectivity index (χ2v) is 3.41. The van der Waals surface area contributed by atoms with Crippen LogP contribution >= 0.6 is 0 Å². The summed E-state index contributed by atoms with van der Waals surface area (Å²) in [6, 6.07) is 5.44. The number of benzene rings is 1. The topological polar surface area (TPSA) is 81.2 Å². The van der Waals surface area contributed by atoms with Gasteiger partial charge in [-0.1, -0.05) is 5.16 Å². The predicted octanol–water partition coefficient (Wildman–Crippen LogP) is 1.33. The number of anilines is 1. The largest absolute Gasteiger partial charge is 0.396 e. The number of carbonyl (C=O) groups is 1. The van der Waals surface area contributed by atoms with Crippen LogP contribution in [0.15, 0.2) is 35.1 Å². The van der Waals surface area contributed by atoms with Crippen LogP contribution in [0.5, 0.6) is 0 Å². The molecule has 2 aromatic rings. The SMILES string of the molecule is Nc1cc(C(=O)NCc2ccon2)ccc1F. The molecule has 0 atom stereocenters. The molecule has 0 bridgehead atoms. The van der Waals surface area contributed by atoms with Gasteiger partial charge in [0.2, 0.25) is 0 Å². The van der Waals surface area contributed by atoms with Gasteiger partial charge in [0, 0.05) is 11.6 Å². The van der Waals surface area contributed by atoms with E-state index >= 15 is 0 Å². The first-order chi connectivity index (χ1) is 8.16. The molecule has 17 heavy (non-hydrogen) atoms. The van der Waals surface area contributed by atoms with Gasteiger partial charge in [-0.15, -0.1) is 0 Å². The lowest BCUT2D eigenvalue weighted by molar-refractivity contribution is 0.0950. The van der Waals surface area contributed by atoms with Crippen molar-refractivity contribution in [3.63, 3.8) is 0 Å². The van der Waals surface area contributed by atoms with Crippen molar-refractivity contribution in [1.82, 2.24) is 10.5 Å². The molecule has 0 aliphatic rings. The Kier molecular flexibility index (Phi) is 3.04. The molecular weight excluding hydrogens is 225 g/mol. The van der Waals surface area contributed by atoms with Crippen molar-refractivity contribution in [2.24, 2.45) is 0 Å². The van der Waals surface area contributed by atoms with Gasteiger partial charge in [0.25, 0.3) is 5.91 Å². The zero-order valence-electron chi connectivity index (χ0n) is 8.81. The summed E-state index contributed by atoms with van der Waals surface area (Å²) in [5, 5.41) is 6.25. The molecule has 0 aliphatic carbocycles. The normalized spacial score (nSPS) is 10.2. The third-order valence-corrected chi connectivity index (χ3v) is 2.18. The number of nitrogens with zero attached hydrogens (tertiary/aromatic N) is 1. The van der Waals surface area contributed by atoms with E-state index in [2.05, 4.69) is 15.0 Å². The molecule has 0 aliphatic heterocycles. The van der Waals surface area contributed by atoms with Crippen molar-refractivity contribution in [2.45, 2.75) is 6.54 Å². The lowest BCUT2D eigenvalue weighted by Crippen LogP contribution is -2.23. The number of hydrogen-bond acceptors (Lipinski definition) is 4. The van der Waals surface area contributed by atoms with E-state index in [-0.39, 0.29) is 18.1 Å². The van der Waals surface area contributed by atoms with Gasteiger partial charge >= 0.3 is 0 Å². The Labute approximate surface area is 96.4 Å². The fraction of sp³-hybridized carbons (Fsp3) is 0.0909. The lowest BCUT2D eigenvalue weighted by atomic mass is 10.2. The number of nitrogens with two attached hydrogens (primary N) is 1. The Bertz CT molecular complexity index is 526. The predicted molar refractivity (Wildman–Crippen MR) is 58.5 cm³/mol. The molecule has 2 rings (SSSR count). The van der Waals surface area contributed by atoms with Crippen LogP contribution in [-0.4, -0.2) is 11.1 Å². The average Bonchev–Trinajstić information content (AvgIpc) is 2.82. The number of aromatic nitrogens is 1. The quantitative estimate of drug-likeness (QED) is 0.786. The molecule has 0 radical (unpaired) electrons. The molecular formula is C11H10FN3O2. The maximum atomic E-state index is 12.9. The monoisotopic (exact) mass is 235 g/mol. The number of halogens is 1. The van der Waals surface area contributed by atoms with Crippen LogP contribution < -0.4 is 11.1 Å². The zero-order valence-corrected chi connectivity index (χ0v) is 8.81. The van der Waals surface area contributed by atoms with Crippen molar-refractivity contribution >= 4 is 11.6 Å². The number of hydrogen-bond donors (Lipinski definition) is 2. The van der Waals surface area contributed by atoms with Gasteiger partial charge in [0.1, 0.15) is 17.8 Å². The van der Waals surface area contributed by atoms with Gasteiger partial charge in [0.05, 0.1) is 12.2 Å². The highest BCUT2D eigenvalue weighted by atomic mass is 19.1. The Balaban J connectivity index is 2.02. The van der Waals surface area contributed by atoms with E-state index in [0.29, 0.717) is 11.3 Å². The molecule has 0 saturated heterocycles. The molecule has 1 amide bonds. The number of nitrogens with one attached hydrogen (secondary N) is 1. The minimum atomic E-state index is -0.543. The van der Waals surface area contributed by atoms with Crippen molar-refractivity contribution < 1.29 is 13.7 Å². The van der Waals surface area contributed by atoms with Crippen LogP contribution in [0.1, 0.15) is 16.1 Å². The first-order valence-electron chi connectivity index (χ1n) is 4.89. The van der Waals surface area contributed by atoms with Crippen LogP contribution in [0.25, 0.3) is 0 Å². The van der Waals surface area contributed by atoms with E-state index in [1.807, 2.05) is 0 Å². The number of nitrogen functional groups attached to an aromatic ring is 1. The van der Waals surface area contributed by atoms with Crippen LogP contribution in [0, 0.1) is 5.82 Å². The van der Waals surface area contributed by atoms with Crippen LogP contribution in [0.3, 0.4) is 0 Å². The number of amides is 1. The summed E-state index contributed by atoms with van der Waals surface area (Å²) in [5.41, 5.74) is 6.21. The van der Waals surface area contributed by atoms with Gasteiger partial charge in [-0.25, -0.2) is 4.39 Å². The van der Waals surface area contributed by atoms with Crippen molar-refractivity contribution in [1.29, 1.82) is 0 Å². The molecule has 0 saturated carbocycles. The number of rotatable bonds is 3. The summed E-state index contributed by atoms with van der Waals surface area (Å²) in [6.07, 6.45) is 1.41. The van der Waals surface area contributed by atoms with Crippen LogP contribution in [-0.2, 0) is 6.54 Å². The minimum Gasteiger partial charge on any atom is -0.396 e. The summed E-state index contributed by atoms with van der Waals surface area (Å²) >= 11 is 0. The summed E-state index contributed by atoms with van der Waals surface area (Å²) in [6.45, 7) is 0.243. The molecule has 1 aromatic heterocycles. The standard InChI is InChI=1S/C11H10FN3O2/c12-9-2-1-7(5-10(9)13)11(16)14-6-8-3-4-17-15-8/h1-5H,6,13H2,(H,14,16). The minimum absolute atomic E-state index is 0.0564.